The van der Waals surface area contributed by atoms with Crippen molar-refractivity contribution in [3.63, 3.8) is 0 Å². The highest BCUT2D eigenvalue weighted by Gasteiger charge is 2.50. The zero-order valence-corrected chi connectivity index (χ0v) is 29.8. The number of ketones is 2. The van der Waals surface area contributed by atoms with Crippen LogP contribution in [0.4, 0.5) is 18.9 Å². The predicted molar refractivity (Wildman–Crippen MR) is 176 cm³/mol. The summed E-state index contributed by atoms with van der Waals surface area (Å²) in [5.74, 6) is -1.47. The van der Waals surface area contributed by atoms with Crippen LogP contribution in [0.1, 0.15) is 76.8 Å². The van der Waals surface area contributed by atoms with Crippen LogP contribution in [0.5, 0.6) is 11.5 Å². The number of methoxy groups -OCH3 is 1. The Morgan fingerprint density at radius 1 is 0.957 bits per heavy atom. The van der Waals surface area contributed by atoms with Gasteiger partial charge in [-0.15, -0.1) is 0 Å². The first kappa shape index (κ1) is 35.3. The number of halogens is 5. The number of carbonyl (C=O) groups excluding carboxylic acids is 2. The minimum atomic E-state index is -4.81. The molecule has 2 aromatic carbocycles. The third-order valence-electron chi connectivity index (χ3n) is 8.80. The molecule has 0 saturated heterocycles. The van der Waals surface area contributed by atoms with Crippen molar-refractivity contribution in [3.8, 4) is 11.5 Å². The monoisotopic (exact) mass is 782 g/mol. The van der Waals surface area contributed by atoms with E-state index in [-0.39, 0.29) is 41.0 Å². The van der Waals surface area contributed by atoms with Gasteiger partial charge in [-0.05, 0) is 70.3 Å². The molecule has 0 radical (unpaired) electrons. The van der Waals surface area contributed by atoms with Crippen LogP contribution in [0.25, 0.3) is 0 Å². The van der Waals surface area contributed by atoms with E-state index in [1.54, 1.807) is 19.2 Å². The molecule has 0 bridgehead atoms. The normalized spacial score (nSPS) is 19.6. The third kappa shape index (κ3) is 7.07. The van der Waals surface area contributed by atoms with Crippen LogP contribution in [0.3, 0.4) is 0 Å². The number of nitrogens with zero attached hydrogens (tertiary/aromatic N) is 2. The highest BCUT2D eigenvalue weighted by molar-refractivity contribution is 9.11. The first-order valence-corrected chi connectivity index (χ1v) is 16.7. The number of carbonyl (C=O) groups is 2. The second-order valence-electron chi connectivity index (χ2n) is 13.9. The molecule has 0 fully saturated rings. The summed E-state index contributed by atoms with van der Waals surface area (Å²) in [7, 11) is 1.62. The summed E-state index contributed by atoms with van der Waals surface area (Å²) in [5.41, 5.74) is 0.170. The third-order valence-corrected chi connectivity index (χ3v) is 9.84. The Morgan fingerprint density at radius 3 is 2.04 bits per heavy atom. The van der Waals surface area contributed by atoms with E-state index < -0.39 is 34.0 Å². The second-order valence-corrected chi connectivity index (χ2v) is 15.6. The lowest BCUT2D eigenvalue weighted by molar-refractivity contribution is -0.385. The molecule has 47 heavy (non-hydrogen) atoms. The van der Waals surface area contributed by atoms with Crippen LogP contribution in [0.15, 0.2) is 61.8 Å². The molecule has 0 amide bonds. The summed E-state index contributed by atoms with van der Waals surface area (Å²) < 4.78 is 52.8. The van der Waals surface area contributed by atoms with E-state index in [0.29, 0.717) is 70.2 Å². The van der Waals surface area contributed by atoms with E-state index in [0.717, 1.165) is 17.5 Å². The van der Waals surface area contributed by atoms with Gasteiger partial charge < -0.3 is 14.4 Å². The SMILES string of the molecule is COCCCN1C2=C(C(=O)CC(C)(C)C2)C(c2cc(Br)cc(Br)c2Oc2ccc(C(F)(F)F)cc2[N+](=O)[O-])C2=C1CC(C)(C)CC2=O. The molecule has 0 unspecified atom stereocenters. The summed E-state index contributed by atoms with van der Waals surface area (Å²) in [6.45, 7) is 9.15. The van der Waals surface area contributed by atoms with E-state index in [1.165, 1.54) is 0 Å². The van der Waals surface area contributed by atoms with E-state index in [4.69, 9.17) is 9.47 Å². The Kier molecular flexibility index (Phi) is 9.59. The average molecular weight is 784 g/mol. The summed E-state index contributed by atoms with van der Waals surface area (Å²) >= 11 is 7.01. The van der Waals surface area contributed by atoms with Crippen molar-refractivity contribution in [2.75, 3.05) is 20.3 Å². The number of benzene rings is 2. The molecule has 252 valence electrons. The molecule has 1 heterocycles. The standard InChI is InChI=1S/C34H35Br2F3N2O6/c1-32(2)14-23-29(25(42)16-32)28(30-24(40(23)9-6-10-46-5)15-33(3,4)17-26(30)43)20-12-19(35)13-21(36)31(20)47-27-8-7-18(34(37,38)39)11-22(27)41(44)45/h7-8,11-13,28H,6,9-10,14-17H2,1-5H3. The molecule has 0 spiro atoms. The Balaban J connectivity index is 1.78. The van der Waals surface area contributed by atoms with Crippen molar-refractivity contribution in [1.29, 1.82) is 0 Å². The van der Waals surface area contributed by atoms with Crippen molar-refractivity contribution in [1.82, 2.24) is 4.90 Å². The predicted octanol–water partition coefficient (Wildman–Crippen LogP) is 9.65. The van der Waals surface area contributed by atoms with Gasteiger partial charge in [-0.2, -0.15) is 13.2 Å². The zero-order chi connectivity index (χ0) is 34.6. The quantitative estimate of drug-likeness (QED) is 0.149. The number of hydrogen-bond donors (Lipinski definition) is 0. The molecular weight excluding hydrogens is 749 g/mol. The molecular formula is C34H35Br2F3N2O6. The van der Waals surface area contributed by atoms with Gasteiger partial charge in [-0.25, -0.2) is 0 Å². The van der Waals surface area contributed by atoms with Crippen molar-refractivity contribution in [3.05, 3.63) is 83.1 Å². The molecule has 0 saturated carbocycles. The van der Waals surface area contributed by atoms with Gasteiger partial charge in [-0.3, -0.25) is 19.7 Å². The zero-order valence-electron chi connectivity index (χ0n) is 26.6. The maximum absolute atomic E-state index is 14.2. The molecule has 0 N–H and O–H groups in total. The van der Waals surface area contributed by atoms with E-state index in [9.17, 15) is 32.9 Å². The van der Waals surface area contributed by atoms with Gasteiger partial charge in [0.25, 0.3) is 0 Å². The van der Waals surface area contributed by atoms with Crippen molar-refractivity contribution in [2.24, 2.45) is 10.8 Å². The lowest BCUT2D eigenvalue weighted by Crippen LogP contribution is -2.45. The summed E-state index contributed by atoms with van der Waals surface area (Å²) in [4.78, 5) is 41.6. The second kappa shape index (κ2) is 12.8. The van der Waals surface area contributed by atoms with Gasteiger partial charge >= 0.3 is 11.9 Å². The molecule has 1 aliphatic heterocycles. The van der Waals surface area contributed by atoms with Gasteiger partial charge in [-0.1, -0.05) is 43.6 Å². The molecule has 3 aliphatic rings. The number of alkyl halides is 3. The fraction of sp³-hybridized carbons (Fsp3) is 0.471. The molecule has 8 nitrogen and oxygen atoms in total. The Labute approximate surface area is 287 Å². The Morgan fingerprint density at radius 2 is 1.53 bits per heavy atom. The molecule has 2 aromatic rings. The van der Waals surface area contributed by atoms with Crippen LogP contribution in [0.2, 0.25) is 0 Å². The Hall–Kier alpha value is -3.03. The first-order valence-electron chi connectivity index (χ1n) is 15.1. The maximum Gasteiger partial charge on any atom is 0.416 e. The smallest absolute Gasteiger partial charge is 0.416 e. The topological polar surface area (TPSA) is 99.0 Å². The van der Waals surface area contributed by atoms with Gasteiger partial charge in [0.1, 0.15) is 5.75 Å². The minimum Gasteiger partial charge on any atom is -0.449 e. The molecule has 13 heteroatoms. The largest absolute Gasteiger partial charge is 0.449 e. The van der Waals surface area contributed by atoms with E-state index in [2.05, 4.69) is 36.8 Å². The average Bonchev–Trinajstić information content (AvgIpc) is 2.93. The first-order chi connectivity index (χ1) is 21.8. The van der Waals surface area contributed by atoms with Gasteiger partial charge in [0.2, 0.25) is 5.75 Å². The number of rotatable bonds is 8. The van der Waals surface area contributed by atoms with Crippen LogP contribution in [-0.2, 0) is 20.5 Å². The number of hydrogen-bond acceptors (Lipinski definition) is 7. The van der Waals surface area contributed by atoms with E-state index >= 15 is 0 Å². The lowest BCUT2D eigenvalue weighted by Gasteiger charge is -2.49. The lowest BCUT2D eigenvalue weighted by atomic mass is 9.63. The molecule has 2 aliphatic carbocycles. The van der Waals surface area contributed by atoms with Gasteiger partial charge in [0, 0.05) is 77.7 Å². The van der Waals surface area contributed by atoms with Crippen LogP contribution in [-0.4, -0.2) is 41.7 Å². The summed E-state index contributed by atoms with van der Waals surface area (Å²) in [6, 6.07) is 5.40. The fourth-order valence-electron chi connectivity index (χ4n) is 6.93. The van der Waals surface area contributed by atoms with Crippen LogP contribution in [0, 0.1) is 20.9 Å². The van der Waals surface area contributed by atoms with Crippen LogP contribution < -0.4 is 4.74 Å². The number of ether oxygens (including phenoxy) is 2. The molecule has 5 rings (SSSR count). The summed E-state index contributed by atoms with van der Waals surface area (Å²) in [6.07, 6.45) is -2.53. The summed E-state index contributed by atoms with van der Waals surface area (Å²) in [5, 5.41) is 12.0. The van der Waals surface area contributed by atoms with Crippen molar-refractivity contribution >= 4 is 49.1 Å². The van der Waals surface area contributed by atoms with Crippen molar-refractivity contribution < 1.29 is 37.2 Å². The van der Waals surface area contributed by atoms with Gasteiger partial charge in [0.05, 0.1) is 15.0 Å². The van der Waals surface area contributed by atoms with Crippen molar-refractivity contribution in [2.45, 2.75) is 71.9 Å². The number of Topliss-reactive ketones (excluding diaryl/α,β-unsaturated/α-hetero) is 2. The number of nitro benzene ring substituents is 1. The van der Waals surface area contributed by atoms with Gasteiger partial charge in [0.15, 0.2) is 11.6 Å². The molecule has 0 atom stereocenters. The van der Waals surface area contributed by atoms with E-state index in [1.807, 2.05) is 27.7 Å². The fourth-order valence-corrected chi connectivity index (χ4v) is 8.27. The van der Waals surface area contributed by atoms with Crippen LogP contribution >= 0.6 is 31.9 Å². The number of allylic oxidation sites excluding steroid dienone is 4. The minimum absolute atomic E-state index is 0.0582. The Bertz CT molecular complexity index is 1680. The highest BCUT2D eigenvalue weighted by Crippen LogP contribution is 2.57. The highest BCUT2D eigenvalue weighted by atomic mass is 79.9. The molecule has 0 aromatic heterocycles. The number of nitro groups is 1. The maximum atomic E-state index is 14.2.